The number of rotatable bonds is 3. The van der Waals surface area contributed by atoms with E-state index in [0.717, 1.165) is 16.7 Å². The molecule has 0 aliphatic carbocycles. The van der Waals surface area contributed by atoms with Gasteiger partial charge in [-0.25, -0.2) is 19.7 Å². The Balaban J connectivity index is 1.48. The van der Waals surface area contributed by atoms with E-state index in [9.17, 15) is 4.79 Å². The number of carbonyl (C=O) groups is 1. The summed E-state index contributed by atoms with van der Waals surface area (Å²) in [5, 5.41) is 7.60. The lowest BCUT2D eigenvalue weighted by molar-refractivity contribution is 0.0565. The number of aryl methyl sites for hydroxylation is 1. The number of anilines is 3. The Morgan fingerprint density at radius 2 is 2.03 bits per heavy atom. The number of morpholine rings is 1. The number of amides is 2. The molecule has 158 valence electrons. The maximum absolute atomic E-state index is 12.7. The summed E-state index contributed by atoms with van der Waals surface area (Å²) in [6, 6.07) is 9.10. The molecule has 0 atom stereocenters. The summed E-state index contributed by atoms with van der Waals surface area (Å²) < 4.78 is 5.33. The highest BCUT2D eigenvalue weighted by Crippen LogP contribution is 2.29. The lowest BCUT2D eigenvalue weighted by Crippen LogP contribution is -2.43. The molecule has 1 saturated heterocycles. The van der Waals surface area contributed by atoms with E-state index >= 15 is 0 Å². The second-order valence-corrected chi connectivity index (χ2v) is 7.68. The van der Waals surface area contributed by atoms with Gasteiger partial charge < -0.3 is 25.3 Å². The van der Waals surface area contributed by atoms with Crippen LogP contribution >= 0.6 is 11.6 Å². The fraction of sp³-hybridized carbons (Fsp3) is 0.238. The summed E-state index contributed by atoms with van der Waals surface area (Å²) >= 11 is 6.28. The Labute approximate surface area is 182 Å². The first-order chi connectivity index (χ1) is 15.1. The summed E-state index contributed by atoms with van der Waals surface area (Å²) in [5.41, 5.74) is 3.45. The van der Waals surface area contributed by atoms with Gasteiger partial charge in [0.05, 0.1) is 35.0 Å². The van der Waals surface area contributed by atoms with Crippen LogP contribution in [0, 0.1) is 6.92 Å². The Morgan fingerprint density at radius 1 is 1.19 bits per heavy atom. The number of nitrogens with zero attached hydrogens (tertiary/aromatic N) is 4. The Morgan fingerprint density at radius 3 is 2.87 bits per heavy atom. The van der Waals surface area contributed by atoms with Gasteiger partial charge in [0.2, 0.25) is 5.95 Å². The zero-order chi connectivity index (χ0) is 21.4. The number of carbonyl (C=O) groups excluding carboxylic acids is 1. The molecule has 1 aliphatic heterocycles. The Hall–Kier alpha value is -3.43. The van der Waals surface area contributed by atoms with Crippen LogP contribution in [0.1, 0.15) is 5.82 Å². The van der Waals surface area contributed by atoms with Gasteiger partial charge in [-0.3, -0.25) is 0 Å². The van der Waals surface area contributed by atoms with Crippen LogP contribution in [0.2, 0.25) is 5.02 Å². The van der Waals surface area contributed by atoms with Gasteiger partial charge in [0.25, 0.3) is 0 Å². The average Bonchev–Trinajstić information content (AvgIpc) is 3.15. The second kappa shape index (κ2) is 8.01. The second-order valence-electron chi connectivity index (χ2n) is 7.27. The molecule has 2 aromatic heterocycles. The monoisotopic (exact) mass is 437 g/mol. The molecular formula is C21H20ClN7O2. The number of imidazole rings is 1. The van der Waals surface area contributed by atoms with Crippen molar-refractivity contribution in [3.05, 3.63) is 47.4 Å². The summed E-state index contributed by atoms with van der Waals surface area (Å²) in [6.07, 6.45) is 1.72. The largest absolute Gasteiger partial charge is 0.378 e. The number of halogens is 1. The molecule has 9 nitrogen and oxygen atoms in total. The molecule has 1 aliphatic rings. The van der Waals surface area contributed by atoms with Gasteiger partial charge in [-0.1, -0.05) is 23.7 Å². The fourth-order valence-electron chi connectivity index (χ4n) is 3.58. The van der Waals surface area contributed by atoms with Crippen molar-refractivity contribution in [3.8, 4) is 0 Å². The van der Waals surface area contributed by atoms with Crippen LogP contribution < -0.4 is 10.6 Å². The third-order valence-electron chi connectivity index (χ3n) is 5.06. The van der Waals surface area contributed by atoms with Gasteiger partial charge in [-0.2, -0.15) is 0 Å². The van der Waals surface area contributed by atoms with E-state index in [2.05, 4.69) is 30.6 Å². The first-order valence-corrected chi connectivity index (χ1v) is 10.3. The Kier molecular flexibility index (Phi) is 5.05. The predicted molar refractivity (Wildman–Crippen MR) is 120 cm³/mol. The highest BCUT2D eigenvalue weighted by Gasteiger charge is 2.19. The number of para-hydroxylation sites is 1. The number of aromatic amines is 1. The molecule has 0 bridgehead atoms. The normalized spacial score (nSPS) is 14.2. The molecule has 0 spiro atoms. The van der Waals surface area contributed by atoms with E-state index < -0.39 is 0 Å². The third kappa shape index (κ3) is 3.97. The molecule has 5 rings (SSSR count). The lowest BCUT2D eigenvalue weighted by atomic mass is 10.2. The lowest BCUT2D eigenvalue weighted by Gasteiger charge is -2.27. The minimum atomic E-state index is -0.184. The van der Waals surface area contributed by atoms with Crippen molar-refractivity contribution in [1.29, 1.82) is 0 Å². The van der Waals surface area contributed by atoms with E-state index in [0.29, 0.717) is 59.7 Å². The standard InChI is InChI=1S/C21H20ClN7O2/c1-12-24-16-9-14(26-20-23-11-13-3-2-4-15(22)18(13)28-20)10-17(19(16)25-12)27-21(30)29-5-7-31-8-6-29/h2-4,9-11H,5-8H2,1H3,(H,24,25)(H,27,30)(H,23,26,28). The number of ether oxygens (including phenoxy) is 1. The van der Waals surface area contributed by atoms with Crippen molar-refractivity contribution >= 4 is 56.9 Å². The van der Waals surface area contributed by atoms with Crippen molar-refractivity contribution in [2.75, 3.05) is 36.9 Å². The molecule has 4 aromatic rings. The topological polar surface area (TPSA) is 108 Å². The predicted octanol–water partition coefficient (Wildman–Crippen LogP) is 4.08. The van der Waals surface area contributed by atoms with Crippen molar-refractivity contribution < 1.29 is 9.53 Å². The average molecular weight is 438 g/mol. The zero-order valence-electron chi connectivity index (χ0n) is 16.8. The summed E-state index contributed by atoms with van der Waals surface area (Å²) in [6.45, 7) is 4.05. The minimum absolute atomic E-state index is 0.184. The smallest absolute Gasteiger partial charge is 0.322 e. The van der Waals surface area contributed by atoms with Gasteiger partial charge in [-0.05, 0) is 25.1 Å². The highest BCUT2D eigenvalue weighted by molar-refractivity contribution is 6.35. The van der Waals surface area contributed by atoms with Crippen molar-refractivity contribution in [2.45, 2.75) is 6.92 Å². The SMILES string of the molecule is Cc1nc2c(NC(=O)N3CCOCC3)cc(Nc3ncc4cccc(Cl)c4n3)cc2[nH]1. The molecule has 3 heterocycles. The molecule has 1 fully saturated rings. The van der Waals surface area contributed by atoms with Crippen molar-refractivity contribution in [3.63, 3.8) is 0 Å². The van der Waals surface area contributed by atoms with Crippen LogP contribution in [0.15, 0.2) is 36.5 Å². The van der Waals surface area contributed by atoms with Crippen LogP contribution in [0.25, 0.3) is 21.9 Å². The van der Waals surface area contributed by atoms with Gasteiger partial charge in [-0.15, -0.1) is 0 Å². The molecule has 0 unspecified atom stereocenters. The van der Waals surface area contributed by atoms with E-state index in [1.54, 1.807) is 17.2 Å². The molecule has 10 heteroatoms. The van der Waals surface area contributed by atoms with E-state index in [4.69, 9.17) is 16.3 Å². The molecule has 0 saturated carbocycles. The fourth-order valence-corrected chi connectivity index (χ4v) is 3.80. The number of urea groups is 1. The quantitative estimate of drug-likeness (QED) is 0.445. The van der Waals surface area contributed by atoms with E-state index in [1.807, 2.05) is 31.2 Å². The molecule has 31 heavy (non-hydrogen) atoms. The van der Waals surface area contributed by atoms with E-state index in [1.165, 1.54) is 0 Å². The van der Waals surface area contributed by atoms with E-state index in [-0.39, 0.29) is 6.03 Å². The Bertz CT molecular complexity index is 1280. The van der Waals surface area contributed by atoms with Gasteiger partial charge in [0.15, 0.2) is 0 Å². The highest BCUT2D eigenvalue weighted by atomic mass is 35.5. The van der Waals surface area contributed by atoms with Crippen LogP contribution in [0.5, 0.6) is 0 Å². The number of hydrogen-bond acceptors (Lipinski definition) is 6. The van der Waals surface area contributed by atoms with Crippen LogP contribution in [0.4, 0.5) is 22.1 Å². The first kappa shape index (κ1) is 19.5. The van der Waals surface area contributed by atoms with Crippen LogP contribution in [-0.4, -0.2) is 57.2 Å². The molecule has 3 N–H and O–H groups in total. The number of H-pyrrole nitrogens is 1. The maximum Gasteiger partial charge on any atom is 0.322 e. The number of fused-ring (bicyclic) bond motifs is 2. The van der Waals surface area contributed by atoms with Gasteiger partial charge in [0.1, 0.15) is 11.3 Å². The number of benzene rings is 2. The number of aromatic nitrogens is 4. The number of nitrogens with one attached hydrogen (secondary N) is 3. The number of hydrogen-bond donors (Lipinski definition) is 3. The zero-order valence-corrected chi connectivity index (χ0v) is 17.5. The summed E-state index contributed by atoms with van der Waals surface area (Å²) in [5.74, 6) is 1.16. The van der Waals surface area contributed by atoms with Gasteiger partial charge >= 0.3 is 6.03 Å². The molecule has 0 radical (unpaired) electrons. The van der Waals surface area contributed by atoms with Gasteiger partial charge in [0, 0.05) is 30.4 Å². The van der Waals surface area contributed by atoms with Crippen LogP contribution in [-0.2, 0) is 4.74 Å². The van der Waals surface area contributed by atoms with Crippen LogP contribution in [0.3, 0.4) is 0 Å². The molecule has 2 amide bonds. The molecular weight excluding hydrogens is 418 g/mol. The summed E-state index contributed by atoms with van der Waals surface area (Å²) in [4.78, 5) is 31.1. The minimum Gasteiger partial charge on any atom is -0.378 e. The first-order valence-electron chi connectivity index (χ1n) is 9.89. The maximum atomic E-state index is 12.7. The van der Waals surface area contributed by atoms with Crippen molar-refractivity contribution in [1.82, 2.24) is 24.8 Å². The third-order valence-corrected chi connectivity index (χ3v) is 5.37. The summed E-state index contributed by atoms with van der Waals surface area (Å²) in [7, 11) is 0. The molecule has 2 aromatic carbocycles. The van der Waals surface area contributed by atoms with Crippen molar-refractivity contribution in [2.24, 2.45) is 0 Å².